The van der Waals surface area contributed by atoms with Crippen molar-refractivity contribution in [1.82, 2.24) is 14.9 Å². The van der Waals surface area contributed by atoms with Crippen LogP contribution in [0.2, 0.25) is 0 Å². The third kappa shape index (κ3) is 4.32. The van der Waals surface area contributed by atoms with Crippen molar-refractivity contribution in [2.24, 2.45) is 0 Å². The summed E-state index contributed by atoms with van der Waals surface area (Å²) in [5, 5.41) is 13.7. The zero-order valence-corrected chi connectivity index (χ0v) is 13.9. The van der Waals surface area contributed by atoms with Gasteiger partial charge in [0.15, 0.2) is 0 Å². The Balaban J connectivity index is 1.50. The minimum Gasteiger partial charge on any atom is -0.477 e. The van der Waals surface area contributed by atoms with Gasteiger partial charge in [-0.3, -0.25) is 9.88 Å². The van der Waals surface area contributed by atoms with Crippen LogP contribution < -0.4 is 10.1 Å². The second-order valence-corrected chi connectivity index (χ2v) is 6.55. The van der Waals surface area contributed by atoms with E-state index in [1.807, 2.05) is 6.92 Å². The van der Waals surface area contributed by atoms with Crippen LogP contribution >= 0.6 is 0 Å². The van der Waals surface area contributed by atoms with Gasteiger partial charge in [-0.1, -0.05) is 12.8 Å². The number of aliphatic hydroxyl groups is 1. The van der Waals surface area contributed by atoms with Gasteiger partial charge in [0, 0.05) is 25.2 Å². The summed E-state index contributed by atoms with van der Waals surface area (Å²) in [7, 11) is 0. The standard InChI is InChI=1S/C17H28N4O2/c1-2-23-17-12-18-11-16(20-17)19-13-7-9-21(10-8-13)14-5-3-4-6-15(14)22/h11-15,22H,2-10H2,1H3,(H,19,20). The molecule has 23 heavy (non-hydrogen) atoms. The topological polar surface area (TPSA) is 70.5 Å². The largest absolute Gasteiger partial charge is 0.477 e. The molecule has 0 radical (unpaired) electrons. The normalized spacial score (nSPS) is 26.9. The molecule has 1 aliphatic heterocycles. The first-order chi connectivity index (χ1) is 11.3. The summed E-state index contributed by atoms with van der Waals surface area (Å²) in [6, 6.07) is 0.781. The predicted octanol–water partition coefficient (Wildman–Crippen LogP) is 2.06. The molecule has 1 aliphatic carbocycles. The Morgan fingerprint density at radius 2 is 2.00 bits per heavy atom. The van der Waals surface area contributed by atoms with Gasteiger partial charge < -0.3 is 15.2 Å². The van der Waals surface area contributed by atoms with Crippen LogP contribution in [0.25, 0.3) is 0 Å². The summed E-state index contributed by atoms with van der Waals surface area (Å²) < 4.78 is 5.39. The fraction of sp³-hybridized carbons (Fsp3) is 0.765. The van der Waals surface area contributed by atoms with Crippen LogP contribution in [0.4, 0.5) is 5.82 Å². The van der Waals surface area contributed by atoms with E-state index in [-0.39, 0.29) is 6.10 Å². The highest BCUT2D eigenvalue weighted by atomic mass is 16.5. The number of nitrogens with one attached hydrogen (secondary N) is 1. The zero-order chi connectivity index (χ0) is 16.1. The van der Waals surface area contributed by atoms with E-state index in [2.05, 4.69) is 20.2 Å². The maximum Gasteiger partial charge on any atom is 0.234 e. The van der Waals surface area contributed by atoms with Crippen molar-refractivity contribution in [3.63, 3.8) is 0 Å². The Morgan fingerprint density at radius 1 is 1.22 bits per heavy atom. The molecule has 0 bridgehead atoms. The van der Waals surface area contributed by atoms with Gasteiger partial charge in [-0.2, -0.15) is 4.98 Å². The predicted molar refractivity (Wildman–Crippen MR) is 89.7 cm³/mol. The number of rotatable bonds is 5. The molecule has 1 saturated carbocycles. The van der Waals surface area contributed by atoms with E-state index >= 15 is 0 Å². The molecule has 2 aliphatic rings. The van der Waals surface area contributed by atoms with Gasteiger partial charge in [-0.25, -0.2) is 0 Å². The summed E-state index contributed by atoms with van der Waals surface area (Å²) in [4.78, 5) is 11.1. The Hall–Kier alpha value is -1.40. The molecule has 2 heterocycles. The summed E-state index contributed by atoms with van der Waals surface area (Å²) in [6.07, 6.45) is 9.92. The molecule has 3 rings (SSSR count). The molecule has 0 amide bonds. The Bertz CT molecular complexity index is 491. The molecule has 2 fully saturated rings. The van der Waals surface area contributed by atoms with E-state index in [4.69, 9.17) is 4.74 Å². The van der Waals surface area contributed by atoms with Gasteiger partial charge in [-0.15, -0.1) is 0 Å². The number of piperidine rings is 1. The quantitative estimate of drug-likeness (QED) is 0.865. The molecule has 1 saturated heterocycles. The van der Waals surface area contributed by atoms with Crippen LogP contribution in [-0.4, -0.2) is 57.9 Å². The van der Waals surface area contributed by atoms with E-state index in [1.54, 1.807) is 12.4 Å². The highest BCUT2D eigenvalue weighted by Crippen LogP contribution is 2.26. The summed E-state index contributed by atoms with van der Waals surface area (Å²) in [5.41, 5.74) is 0. The summed E-state index contributed by atoms with van der Waals surface area (Å²) in [5.74, 6) is 1.35. The molecule has 6 nitrogen and oxygen atoms in total. The van der Waals surface area contributed by atoms with E-state index in [0.29, 0.717) is 24.6 Å². The van der Waals surface area contributed by atoms with E-state index < -0.39 is 0 Å². The van der Waals surface area contributed by atoms with Crippen LogP contribution in [0.15, 0.2) is 12.4 Å². The average Bonchev–Trinajstić information content (AvgIpc) is 2.57. The number of aromatic nitrogens is 2. The lowest BCUT2D eigenvalue weighted by molar-refractivity contribution is 0.00992. The SMILES string of the molecule is CCOc1cncc(NC2CCN(C3CCCCC3O)CC2)n1. The second-order valence-electron chi connectivity index (χ2n) is 6.55. The molecule has 2 atom stereocenters. The van der Waals surface area contributed by atoms with Gasteiger partial charge >= 0.3 is 0 Å². The third-order valence-corrected chi connectivity index (χ3v) is 4.95. The van der Waals surface area contributed by atoms with Crippen LogP contribution in [0.3, 0.4) is 0 Å². The van der Waals surface area contributed by atoms with Crippen molar-refractivity contribution < 1.29 is 9.84 Å². The lowest BCUT2D eigenvalue weighted by atomic mass is 9.89. The van der Waals surface area contributed by atoms with Crippen molar-refractivity contribution in [2.45, 2.75) is 63.6 Å². The fourth-order valence-corrected chi connectivity index (χ4v) is 3.74. The maximum atomic E-state index is 10.2. The zero-order valence-electron chi connectivity index (χ0n) is 13.9. The molecule has 6 heteroatoms. The number of aliphatic hydroxyl groups excluding tert-OH is 1. The Morgan fingerprint density at radius 3 is 2.74 bits per heavy atom. The van der Waals surface area contributed by atoms with Gasteiger partial charge in [-0.05, 0) is 32.6 Å². The second kappa shape index (κ2) is 7.93. The summed E-state index contributed by atoms with van der Waals surface area (Å²) >= 11 is 0. The highest BCUT2D eigenvalue weighted by Gasteiger charge is 2.31. The van der Waals surface area contributed by atoms with E-state index in [1.165, 1.54) is 12.8 Å². The Kier molecular flexibility index (Phi) is 5.67. The number of anilines is 1. The van der Waals surface area contributed by atoms with E-state index in [0.717, 1.165) is 44.6 Å². The first-order valence-electron chi connectivity index (χ1n) is 8.89. The Labute approximate surface area is 138 Å². The monoisotopic (exact) mass is 320 g/mol. The molecular formula is C17H28N4O2. The first-order valence-corrected chi connectivity index (χ1v) is 8.89. The molecule has 1 aromatic rings. The minimum atomic E-state index is -0.137. The van der Waals surface area contributed by atoms with Gasteiger partial charge in [0.2, 0.25) is 5.88 Å². The molecule has 128 valence electrons. The van der Waals surface area contributed by atoms with Gasteiger partial charge in [0.25, 0.3) is 0 Å². The lowest BCUT2D eigenvalue weighted by Crippen LogP contribution is -2.50. The number of hydrogen-bond donors (Lipinski definition) is 2. The van der Waals surface area contributed by atoms with Crippen molar-refractivity contribution in [1.29, 1.82) is 0 Å². The smallest absolute Gasteiger partial charge is 0.234 e. The summed E-state index contributed by atoms with van der Waals surface area (Å²) in [6.45, 7) is 4.62. The van der Waals surface area contributed by atoms with Gasteiger partial charge in [0.1, 0.15) is 5.82 Å². The molecule has 0 spiro atoms. The van der Waals surface area contributed by atoms with Crippen LogP contribution in [0.1, 0.15) is 45.4 Å². The number of nitrogens with zero attached hydrogens (tertiary/aromatic N) is 3. The molecule has 0 aromatic carbocycles. The van der Waals surface area contributed by atoms with Crippen molar-refractivity contribution >= 4 is 5.82 Å². The highest BCUT2D eigenvalue weighted by molar-refractivity contribution is 5.34. The third-order valence-electron chi connectivity index (χ3n) is 4.95. The van der Waals surface area contributed by atoms with Crippen molar-refractivity contribution in [3.8, 4) is 5.88 Å². The molecular weight excluding hydrogens is 292 g/mol. The van der Waals surface area contributed by atoms with Crippen LogP contribution in [0.5, 0.6) is 5.88 Å². The minimum absolute atomic E-state index is 0.137. The number of hydrogen-bond acceptors (Lipinski definition) is 6. The first kappa shape index (κ1) is 16.5. The van der Waals surface area contributed by atoms with Crippen LogP contribution in [0, 0.1) is 0 Å². The molecule has 1 aromatic heterocycles. The van der Waals surface area contributed by atoms with Gasteiger partial charge in [0.05, 0.1) is 25.1 Å². The lowest BCUT2D eigenvalue weighted by Gasteiger charge is -2.41. The van der Waals surface area contributed by atoms with Crippen molar-refractivity contribution in [3.05, 3.63) is 12.4 Å². The number of likely N-dealkylation sites (tertiary alicyclic amines) is 1. The fourth-order valence-electron chi connectivity index (χ4n) is 3.74. The molecule has 2 N–H and O–H groups in total. The van der Waals surface area contributed by atoms with Crippen molar-refractivity contribution in [2.75, 3.05) is 25.0 Å². The average molecular weight is 320 g/mol. The maximum absolute atomic E-state index is 10.2. The van der Waals surface area contributed by atoms with Crippen LogP contribution in [-0.2, 0) is 0 Å². The van der Waals surface area contributed by atoms with E-state index in [9.17, 15) is 5.11 Å². The molecule has 2 unspecified atom stereocenters. The number of ether oxygens (including phenoxy) is 1.